The van der Waals surface area contributed by atoms with Crippen LogP contribution in [0.1, 0.15) is 10.6 Å². The van der Waals surface area contributed by atoms with Gasteiger partial charge in [0.25, 0.3) is 11.8 Å². The SMILES string of the molecule is O=C(COc1cccc(NC(=O)c2ccco2)c1)Nc1c[nH]ccc1=O. The van der Waals surface area contributed by atoms with Crippen molar-refractivity contribution in [3.05, 3.63) is 77.1 Å². The van der Waals surface area contributed by atoms with E-state index in [1.807, 2.05) is 0 Å². The summed E-state index contributed by atoms with van der Waals surface area (Å²) < 4.78 is 10.4. The average molecular weight is 353 g/mol. The molecular weight excluding hydrogens is 338 g/mol. The molecule has 0 radical (unpaired) electrons. The number of benzene rings is 1. The number of hydrogen-bond acceptors (Lipinski definition) is 5. The van der Waals surface area contributed by atoms with Crippen LogP contribution in [0, 0.1) is 0 Å². The maximum Gasteiger partial charge on any atom is 0.291 e. The van der Waals surface area contributed by atoms with Gasteiger partial charge in [0.15, 0.2) is 12.4 Å². The lowest BCUT2D eigenvalue weighted by Gasteiger charge is -2.09. The Morgan fingerprint density at radius 2 is 2.00 bits per heavy atom. The van der Waals surface area contributed by atoms with Crippen molar-refractivity contribution in [3.63, 3.8) is 0 Å². The summed E-state index contributed by atoms with van der Waals surface area (Å²) in [5, 5.41) is 5.12. The smallest absolute Gasteiger partial charge is 0.291 e. The number of nitrogens with one attached hydrogen (secondary N) is 3. The minimum atomic E-state index is -0.480. The number of H-pyrrole nitrogens is 1. The minimum absolute atomic E-state index is 0.139. The first-order valence-electron chi connectivity index (χ1n) is 7.66. The fourth-order valence-electron chi connectivity index (χ4n) is 2.11. The number of amides is 2. The number of furan rings is 1. The molecule has 2 heterocycles. The molecule has 0 spiro atoms. The van der Waals surface area contributed by atoms with Crippen LogP contribution in [-0.2, 0) is 4.79 Å². The summed E-state index contributed by atoms with van der Waals surface area (Å²) in [6, 6.07) is 11.0. The summed E-state index contributed by atoms with van der Waals surface area (Å²) in [4.78, 5) is 38.1. The first-order chi connectivity index (χ1) is 12.6. The van der Waals surface area contributed by atoms with Crippen LogP contribution in [-0.4, -0.2) is 23.4 Å². The molecule has 26 heavy (non-hydrogen) atoms. The molecule has 3 aromatic rings. The second-order valence-corrected chi connectivity index (χ2v) is 5.22. The molecule has 0 unspecified atom stereocenters. The fraction of sp³-hybridized carbons (Fsp3) is 0.0556. The number of carbonyl (C=O) groups excluding carboxylic acids is 2. The Morgan fingerprint density at radius 3 is 2.77 bits per heavy atom. The number of rotatable bonds is 6. The summed E-state index contributed by atoms with van der Waals surface area (Å²) in [5.41, 5.74) is 0.323. The van der Waals surface area contributed by atoms with Gasteiger partial charge in [0, 0.05) is 30.2 Å². The van der Waals surface area contributed by atoms with Crippen molar-refractivity contribution in [2.24, 2.45) is 0 Å². The molecule has 0 fully saturated rings. The Balaban J connectivity index is 1.57. The van der Waals surface area contributed by atoms with Crippen LogP contribution >= 0.6 is 0 Å². The van der Waals surface area contributed by atoms with Gasteiger partial charge in [0.05, 0.1) is 6.26 Å². The van der Waals surface area contributed by atoms with Crippen LogP contribution in [0.3, 0.4) is 0 Å². The van der Waals surface area contributed by atoms with E-state index in [0.29, 0.717) is 11.4 Å². The Hall–Kier alpha value is -3.81. The number of pyridine rings is 1. The van der Waals surface area contributed by atoms with Crippen LogP contribution in [0.2, 0.25) is 0 Å². The predicted molar refractivity (Wildman–Crippen MR) is 94.3 cm³/mol. The highest BCUT2D eigenvalue weighted by Crippen LogP contribution is 2.18. The highest BCUT2D eigenvalue weighted by molar-refractivity contribution is 6.02. The zero-order valence-corrected chi connectivity index (χ0v) is 13.5. The van der Waals surface area contributed by atoms with Gasteiger partial charge < -0.3 is 24.8 Å². The number of aromatic nitrogens is 1. The zero-order valence-electron chi connectivity index (χ0n) is 13.5. The molecule has 0 saturated carbocycles. The van der Waals surface area contributed by atoms with Crippen molar-refractivity contribution < 1.29 is 18.7 Å². The minimum Gasteiger partial charge on any atom is -0.484 e. The van der Waals surface area contributed by atoms with Gasteiger partial charge in [-0.3, -0.25) is 14.4 Å². The van der Waals surface area contributed by atoms with Crippen LogP contribution < -0.4 is 20.8 Å². The van der Waals surface area contributed by atoms with Gasteiger partial charge >= 0.3 is 0 Å². The number of hydrogen-bond donors (Lipinski definition) is 3. The maximum absolute atomic E-state index is 11.9. The zero-order chi connectivity index (χ0) is 18.4. The molecule has 0 aliphatic carbocycles. The normalized spacial score (nSPS) is 10.2. The largest absolute Gasteiger partial charge is 0.484 e. The van der Waals surface area contributed by atoms with E-state index >= 15 is 0 Å². The number of ether oxygens (including phenoxy) is 1. The van der Waals surface area contributed by atoms with E-state index in [2.05, 4.69) is 15.6 Å². The van der Waals surface area contributed by atoms with Crippen molar-refractivity contribution in [2.45, 2.75) is 0 Å². The first kappa shape index (κ1) is 17.0. The Morgan fingerprint density at radius 1 is 1.12 bits per heavy atom. The quantitative estimate of drug-likeness (QED) is 0.629. The highest BCUT2D eigenvalue weighted by atomic mass is 16.5. The van der Waals surface area contributed by atoms with Crippen molar-refractivity contribution in [3.8, 4) is 5.75 Å². The monoisotopic (exact) mass is 353 g/mol. The molecule has 132 valence electrons. The van der Waals surface area contributed by atoms with E-state index in [9.17, 15) is 14.4 Å². The molecule has 0 aliphatic rings. The standard InChI is InChI=1S/C18H15N3O5/c22-15-6-7-19-10-14(15)21-17(23)11-26-13-4-1-3-12(9-13)20-18(24)16-5-2-8-25-16/h1-10H,11H2,(H,19,22)(H,20,24)(H,21,23). The lowest BCUT2D eigenvalue weighted by Crippen LogP contribution is -2.23. The van der Waals surface area contributed by atoms with Crippen molar-refractivity contribution >= 4 is 23.2 Å². The molecule has 0 aliphatic heterocycles. The van der Waals surface area contributed by atoms with E-state index < -0.39 is 11.8 Å². The van der Waals surface area contributed by atoms with Gasteiger partial charge in [-0.25, -0.2) is 0 Å². The number of aromatic amines is 1. The van der Waals surface area contributed by atoms with Crippen LogP contribution in [0.4, 0.5) is 11.4 Å². The van der Waals surface area contributed by atoms with E-state index in [4.69, 9.17) is 9.15 Å². The molecule has 2 amide bonds. The summed E-state index contributed by atoms with van der Waals surface area (Å²) in [6.07, 6.45) is 4.27. The van der Waals surface area contributed by atoms with Gasteiger partial charge in [-0.15, -0.1) is 0 Å². The maximum atomic E-state index is 11.9. The second-order valence-electron chi connectivity index (χ2n) is 5.22. The second kappa shape index (κ2) is 7.84. The molecule has 0 bridgehead atoms. The summed E-state index contributed by atoms with van der Waals surface area (Å²) >= 11 is 0. The third-order valence-corrected chi connectivity index (χ3v) is 3.30. The number of anilines is 2. The number of carbonyl (C=O) groups is 2. The Kier molecular flexibility index (Phi) is 5.14. The van der Waals surface area contributed by atoms with E-state index in [-0.39, 0.29) is 23.5 Å². The molecule has 2 aromatic heterocycles. The molecule has 0 saturated heterocycles. The molecule has 3 rings (SSSR count). The highest BCUT2D eigenvalue weighted by Gasteiger charge is 2.10. The molecular formula is C18H15N3O5. The molecule has 8 nitrogen and oxygen atoms in total. The van der Waals surface area contributed by atoms with E-state index in [1.165, 1.54) is 24.7 Å². The summed E-state index contributed by atoms with van der Waals surface area (Å²) in [6.45, 7) is -0.288. The van der Waals surface area contributed by atoms with Crippen LogP contribution in [0.5, 0.6) is 5.75 Å². The lowest BCUT2D eigenvalue weighted by molar-refractivity contribution is -0.118. The van der Waals surface area contributed by atoms with Crippen LogP contribution in [0.15, 0.2) is 70.3 Å². The summed E-state index contributed by atoms with van der Waals surface area (Å²) in [7, 11) is 0. The third kappa shape index (κ3) is 4.38. The van der Waals surface area contributed by atoms with Crippen molar-refractivity contribution in [1.29, 1.82) is 0 Å². The molecule has 3 N–H and O–H groups in total. The fourth-order valence-corrected chi connectivity index (χ4v) is 2.11. The topological polar surface area (TPSA) is 113 Å². The Labute approximate surface area is 147 Å². The van der Waals surface area contributed by atoms with Gasteiger partial charge in [-0.05, 0) is 24.3 Å². The third-order valence-electron chi connectivity index (χ3n) is 3.30. The van der Waals surface area contributed by atoms with E-state index in [1.54, 1.807) is 36.4 Å². The van der Waals surface area contributed by atoms with Gasteiger partial charge in [0.2, 0.25) is 5.43 Å². The summed E-state index contributed by atoms with van der Waals surface area (Å²) in [5.74, 6) is -0.303. The average Bonchev–Trinajstić information content (AvgIpc) is 3.17. The van der Waals surface area contributed by atoms with Gasteiger partial charge in [-0.2, -0.15) is 0 Å². The van der Waals surface area contributed by atoms with Gasteiger partial charge in [0.1, 0.15) is 11.4 Å². The molecule has 0 atom stereocenters. The first-order valence-corrected chi connectivity index (χ1v) is 7.66. The predicted octanol–water partition coefficient (Wildman–Crippen LogP) is 2.24. The van der Waals surface area contributed by atoms with Crippen LogP contribution in [0.25, 0.3) is 0 Å². The molecule has 1 aromatic carbocycles. The Bertz CT molecular complexity index is 963. The van der Waals surface area contributed by atoms with Crippen molar-refractivity contribution in [1.82, 2.24) is 4.98 Å². The van der Waals surface area contributed by atoms with E-state index in [0.717, 1.165) is 0 Å². The van der Waals surface area contributed by atoms with Gasteiger partial charge in [-0.1, -0.05) is 6.07 Å². The lowest BCUT2D eigenvalue weighted by atomic mass is 10.3. The van der Waals surface area contributed by atoms with Crippen molar-refractivity contribution in [2.75, 3.05) is 17.2 Å². The molecule has 8 heteroatoms.